The quantitative estimate of drug-likeness (QED) is 0.797. The molecule has 5 heteroatoms. The van der Waals surface area contributed by atoms with Gasteiger partial charge in [0.1, 0.15) is 0 Å². The molecule has 0 saturated heterocycles. The van der Waals surface area contributed by atoms with E-state index in [1.54, 1.807) is 11.8 Å². The highest BCUT2D eigenvalue weighted by Crippen LogP contribution is 2.36. The monoisotopic (exact) mass is 263 g/mol. The van der Waals surface area contributed by atoms with Crippen molar-refractivity contribution >= 4 is 39.9 Å². The van der Waals surface area contributed by atoms with Crippen molar-refractivity contribution in [1.82, 2.24) is 0 Å². The highest BCUT2D eigenvalue weighted by molar-refractivity contribution is 7.99. The molecule has 0 amide bonds. The largest absolute Gasteiger partial charge is 0.395 e. The van der Waals surface area contributed by atoms with E-state index in [0.717, 1.165) is 5.75 Å². The Kier molecular flexibility index (Phi) is 5.89. The van der Waals surface area contributed by atoms with Crippen molar-refractivity contribution in [3.63, 3.8) is 0 Å². The van der Waals surface area contributed by atoms with E-state index in [2.05, 4.69) is 23.5 Å². The molecule has 0 atom stereocenters. The summed E-state index contributed by atoms with van der Waals surface area (Å²) in [6.45, 7) is 0.911. The van der Waals surface area contributed by atoms with E-state index in [4.69, 9.17) is 5.11 Å². The van der Waals surface area contributed by atoms with Crippen LogP contribution in [0.2, 0.25) is 0 Å². The molecule has 0 unspecified atom stereocenters. The summed E-state index contributed by atoms with van der Waals surface area (Å²) in [6, 6.07) is 2.22. The molecule has 2 nitrogen and oxygen atoms in total. The fourth-order valence-electron chi connectivity index (χ4n) is 1.25. The van der Waals surface area contributed by atoms with Gasteiger partial charge < -0.3 is 10.0 Å². The van der Waals surface area contributed by atoms with Gasteiger partial charge in [-0.3, -0.25) is 0 Å². The number of hydrogen-bond acceptors (Lipinski definition) is 5. The van der Waals surface area contributed by atoms with E-state index in [9.17, 15) is 0 Å². The number of anilines is 1. The summed E-state index contributed by atoms with van der Waals surface area (Å²) in [5.74, 6) is 1.08. The molecule has 15 heavy (non-hydrogen) atoms. The first-order valence-electron chi connectivity index (χ1n) is 4.70. The van der Waals surface area contributed by atoms with E-state index >= 15 is 0 Å². The van der Waals surface area contributed by atoms with Crippen molar-refractivity contribution in [2.24, 2.45) is 0 Å². The van der Waals surface area contributed by atoms with Crippen LogP contribution < -0.4 is 4.90 Å². The minimum absolute atomic E-state index is 0.209. The maximum absolute atomic E-state index is 8.89. The number of nitrogens with zero attached hydrogens (tertiary/aromatic N) is 1. The fourth-order valence-corrected chi connectivity index (χ4v) is 4.16. The van der Waals surface area contributed by atoms with Crippen LogP contribution in [0.25, 0.3) is 0 Å². The molecule has 1 rings (SSSR count). The average Bonchev–Trinajstić information content (AvgIpc) is 2.62. The lowest BCUT2D eigenvalue weighted by molar-refractivity contribution is 0.304. The second-order valence-electron chi connectivity index (χ2n) is 3.15. The number of rotatable bonds is 6. The summed E-state index contributed by atoms with van der Waals surface area (Å²) in [6.07, 6.45) is 4.24. The second kappa shape index (κ2) is 6.68. The third kappa shape index (κ3) is 3.59. The molecule has 1 heterocycles. The Labute approximate surface area is 104 Å². The molecule has 0 bridgehead atoms. The first kappa shape index (κ1) is 13.2. The van der Waals surface area contributed by atoms with Gasteiger partial charge >= 0.3 is 0 Å². The second-order valence-corrected chi connectivity index (χ2v) is 5.98. The minimum Gasteiger partial charge on any atom is -0.395 e. The molecule has 0 aromatic carbocycles. The lowest BCUT2D eigenvalue weighted by Crippen LogP contribution is -2.19. The van der Waals surface area contributed by atoms with Gasteiger partial charge in [-0.05, 0) is 18.6 Å². The van der Waals surface area contributed by atoms with Crippen LogP contribution in [-0.4, -0.2) is 37.8 Å². The van der Waals surface area contributed by atoms with Gasteiger partial charge in [-0.1, -0.05) is 0 Å². The highest BCUT2D eigenvalue weighted by atomic mass is 32.2. The van der Waals surface area contributed by atoms with Crippen molar-refractivity contribution < 1.29 is 5.11 Å². The van der Waals surface area contributed by atoms with E-state index in [1.165, 1.54) is 14.8 Å². The van der Waals surface area contributed by atoms with Gasteiger partial charge in [-0.2, -0.15) is 11.8 Å². The summed E-state index contributed by atoms with van der Waals surface area (Å²) in [7, 11) is 2.02. The number of likely N-dealkylation sites (N-methyl/N-ethyl adjacent to an activating group) is 1. The molecule has 1 aromatic heterocycles. The number of aliphatic hydroxyl groups excluding tert-OH is 1. The normalized spacial score (nSPS) is 10.7. The summed E-state index contributed by atoms with van der Waals surface area (Å²) in [5.41, 5.74) is 0. The zero-order valence-electron chi connectivity index (χ0n) is 9.32. The van der Waals surface area contributed by atoms with Gasteiger partial charge in [0.15, 0.2) is 0 Å². The number of hydrogen-bond donors (Lipinski definition) is 1. The lowest BCUT2D eigenvalue weighted by Gasteiger charge is -2.14. The molecule has 86 valence electrons. The first-order chi connectivity index (χ1) is 7.22. The van der Waals surface area contributed by atoms with Crippen LogP contribution in [0.5, 0.6) is 0 Å². The Morgan fingerprint density at radius 3 is 2.73 bits per heavy atom. The average molecular weight is 263 g/mol. The van der Waals surface area contributed by atoms with Crippen molar-refractivity contribution in [1.29, 1.82) is 0 Å². The maximum Gasteiger partial charge on any atom is 0.0921 e. The van der Waals surface area contributed by atoms with Crippen molar-refractivity contribution in [2.75, 3.05) is 37.6 Å². The third-order valence-corrected chi connectivity index (χ3v) is 5.01. The Hall–Kier alpha value is 0.160. The summed E-state index contributed by atoms with van der Waals surface area (Å²) >= 11 is 5.48. The molecule has 0 radical (unpaired) electrons. The van der Waals surface area contributed by atoms with E-state index in [0.29, 0.717) is 6.54 Å². The van der Waals surface area contributed by atoms with Crippen LogP contribution in [0, 0.1) is 0 Å². The number of aliphatic hydroxyl groups is 1. The summed E-state index contributed by atoms with van der Waals surface area (Å²) < 4.78 is 0. The van der Waals surface area contributed by atoms with Crippen molar-refractivity contribution in [3.05, 3.63) is 10.9 Å². The smallest absolute Gasteiger partial charge is 0.0921 e. The van der Waals surface area contributed by atoms with Gasteiger partial charge in [0.25, 0.3) is 0 Å². The standard InChI is InChI=1S/C10H17NOS3/c1-11(4-5-12)10-6-8(14-3)9(15-10)7-13-2/h6,12H,4-5,7H2,1-3H3. The van der Waals surface area contributed by atoms with Gasteiger partial charge in [-0.25, -0.2) is 0 Å². The third-order valence-electron chi connectivity index (χ3n) is 2.06. The highest BCUT2D eigenvalue weighted by Gasteiger charge is 2.10. The van der Waals surface area contributed by atoms with Crippen LogP contribution in [0.1, 0.15) is 4.88 Å². The van der Waals surface area contributed by atoms with Gasteiger partial charge in [0.2, 0.25) is 0 Å². The van der Waals surface area contributed by atoms with Crippen molar-refractivity contribution in [2.45, 2.75) is 10.6 Å². The predicted octanol–water partition coefficient (Wildman–Crippen LogP) is 2.76. The Morgan fingerprint density at radius 1 is 1.47 bits per heavy atom. The van der Waals surface area contributed by atoms with Gasteiger partial charge in [0.05, 0.1) is 11.6 Å². The Bertz CT molecular complexity index is 301. The fraction of sp³-hybridized carbons (Fsp3) is 0.600. The predicted molar refractivity (Wildman–Crippen MR) is 73.7 cm³/mol. The molecule has 0 aliphatic rings. The lowest BCUT2D eigenvalue weighted by atomic mass is 10.5. The number of thioether (sulfide) groups is 2. The molecule has 0 aliphatic heterocycles. The van der Waals surface area contributed by atoms with Gasteiger partial charge in [0, 0.05) is 29.1 Å². The Morgan fingerprint density at radius 2 is 2.20 bits per heavy atom. The zero-order chi connectivity index (χ0) is 11.3. The molecule has 0 spiro atoms. The molecular formula is C10H17NOS3. The summed E-state index contributed by atoms with van der Waals surface area (Å²) in [4.78, 5) is 4.91. The molecule has 1 N–H and O–H groups in total. The Balaban J connectivity index is 2.81. The van der Waals surface area contributed by atoms with Crippen molar-refractivity contribution in [3.8, 4) is 0 Å². The number of thiophene rings is 1. The van der Waals surface area contributed by atoms with E-state index < -0.39 is 0 Å². The van der Waals surface area contributed by atoms with Gasteiger partial charge in [-0.15, -0.1) is 23.1 Å². The summed E-state index contributed by atoms with van der Waals surface area (Å²) in [5, 5.41) is 10.1. The van der Waals surface area contributed by atoms with Crippen LogP contribution in [-0.2, 0) is 5.75 Å². The van der Waals surface area contributed by atoms with Crippen LogP contribution in [0.3, 0.4) is 0 Å². The first-order valence-corrected chi connectivity index (χ1v) is 8.14. The maximum atomic E-state index is 8.89. The molecule has 0 aliphatic carbocycles. The molecule has 0 fully saturated rings. The molecular weight excluding hydrogens is 246 g/mol. The van der Waals surface area contributed by atoms with E-state index in [-0.39, 0.29) is 6.61 Å². The topological polar surface area (TPSA) is 23.5 Å². The van der Waals surface area contributed by atoms with Crippen LogP contribution >= 0.6 is 34.9 Å². The molecule has 1 aromatic rings. The molecule has 0 saturated carbocycles. The van der Waals surface area contributed by atoms with Crippen LogP contribution in [0.4, 0.5) is 5.00 Å². The van der Waals surface area contributed by atoms with E-state index in [1.807, 2.05) is 30.1 Å². The minimum atomic E-state index is 0.209. The SMILES string of the molecule is CSCc1sc(N(C)CCO)cc1SC. The van der Waals surface area contributed by atoms with Crippen LogP contribution in [0.15, 0.2) is 11.0 Å². The zero-order valence-corrected chi connectivity index (χ0v) is 11.8.